The average molecular weight is 278 g/mol. The van der Waals surface area contributed by atoms with E-state index in [2.05, 4.69) is 31.2 Å². The summed E-state index contributed by atoms with van der Waals surface area (Å²) >= 11 is 0. The van der Waals surface area contributed by atoms with Crippen LogP contribution in [-0.2, 0) is 6.54 Å². The molecular weight excluding hydrogens is 251 g/mol. The molecule has 20 heavy (non-hydrogen) atoms. The van der Waals surface area contributed by atoms with Gasteiger partial charge in [-0.2, -0.15) is 0 Å². The van der Waals surface area contributed by atoms with Gasteiger partial charge in [-0.15, -0.1) is 0 Å². The van der Waals surface area contributed by atoms with Crippen LogP contribution in [0, 0.1) is 17.7 Å². The van der Waals surface area contributed by atoms with Gasteiger partial charge in [-0.1, -0.05) is 19.1 Å². The maximum Gasteiger partial charge on any atom is 0.123 e. The Morgan fingerprint density at radius 2 is 1.95 bits per heavy atom. The Kier molecular flexibility index (Phi) is 5.55. The van der Waals surface area contributed by atoms with Crippen molar-refractivity contribution in [1.82, 2.24) is 10.2 Å². The number of halogens is 1. The molecule has 0 radical (unpaired) electrons. The molecule has 0 amide bonds. The van der Waals surface area contributed by atoms with Crippen LogP contribution in [0.15, 0.2) is 24.3 Å². The van der Waals surface area contributed by atoms with Crippen molar-refractivity contribution < 1.29 is 4.39 Å². The van der Waals surface area contributed by atoms with Crippen molar-refractivity contribution in [3.05, 3.63) is 35.6 Å². The maximum atomic E-state index is 12.9. The van der Waals surface area contributed by atoms with Gasteiger partial charge in [0.05, 0.1) is 0 Å². The van der Waals surface area contributed by atoms with Gasteiger partial charge in [-0.25, -0.2) is 4.39 Å². The molecule has 3 heteroatoms. The van der Waals surface area contributed by atoms with E-state index in [9.17, 15) is 4.39 Å². The van der Waals surface area contributed by atoms with E-state index in [1.807, 2.05) is 12.1 Å². The number of nitrogens with zero attached hydrogens (tertiary/aromatic N) is 1. The first-order valence-electron chi connectivity index (χ1n) is 7.68. The summed E-state index contributed by atoms with van der Waals surface area (Å²) < 4.78 is 12.9. The van der Waals surface area contributed by atoms with E-state index in [0.717, 1.165) is 19.0 Å². The van der Waals surface area contributed by atoms with Crippen molar-refractivity contribution in [1.29, 1.82) is 0 Å². The highest BCUT2D eigenvalue weighted by Crippen LogP contribution is 2.29. The average Bonchev–Trinajstić information content (AvgIpc) is 2.41. The Labute approximate surface area is 122 Å². The molecule has 112 valence electrons. The second-order valence-electron chi connectivity index (χ2n) is 6.40. The molecule has 3 unspecified atom stereocenters. The quantitative estimate of drug-likeness (QED) is 0.889. The number of benzene rings is 1. The van der Waals surface area contributed by atoms with E-state index >= 15 is 0 Å². The van der Waals surface area contributed by atoms with Crippen LogP contribution in [-0.4, -0.2) is 31.6 Å². The third kappa shape index (κ3) is 4.29. The summed E-state index contributed by atoms with van der Waals surface area (Å²) in [7, 11) is 4.24. The largest absolute Gasteiger partial charge is 0.317 e. The molecule has 1 N–H and O–H groups in total. The molecule has 0 bridgehead atoms. The molecule has 2 rings (SSSR count). The lowest BCUT2D eigenvalue weighted by Crippen LogP contribution is -2.43. The van der Waals surface area contributed by atoms with Crippen molar-refractivity contribution in [3.63, 3.8) is 0 Å². The molecular formula is C17H27FN2. The maximum absolute atomic E-state index is 12.9. The van der Waals surface area contributed by atoms with Crippen LogP contribution in [0.2, 0.25) is 0 Å². The Morgan fingerprint density at radius 1 is 1.25 bits per heavy atom. The molecule has 1 aromatic carbocycles. The SMILES string of the molecule is CNC1CCC(C)CC1CN(C)Cc1ccc(F)cc1. The number of rotatable bonds is 5. The molecule has 0 heterocycles. The minimum atomic E-state index is -0.159. The number of nitrogens with one attached hydrogen (secondary N) is 1. The highest BCUT2D eigenvalue weighted by molar-refractivity contribution is 5.15. The lowest BCUT2D eigenvalue weighted by Gasteiger charge is -2.37. The highest BCUT2D eigenvalue weighted by Gasteiger charge is 2.28. The van der Waals surface area contributed by atoms with Crippen LogP contribution in [0.4, 0.5) is 4.39 Å². The molecule has 2 nitrogen and oxygen atoms in total. The molecule has 0 aliphatic heterocycles. The second kappa shape index (κ2) is 7.19. The Balaban J connectivity index is 1.89. The monoisotopic (exact) mass is 278 g/mol. The highest BCUT2D eigenvalue weighted by atomic mass is 19.1. The molecule has 3 atom stereocenters. The van der Waals surface area contributed by atoms with Crippen LogP contribution in [0.3, 0.4) is 0 Å². The van der Waals surface area contributed by atoms with Gasteiger partial charge in [0.2, 0.25) is 0 Å². The van der Waals surface area contributed by atoms with E-state index in [0.29, 0.717) is 12.0 Å². The van der Waals surface area contributed by atoms with Crippen LogP contribution >= 0.6 is 0 Å². The van der Waals surface area contributed by atoms with Gasteiger partial charge in [0, 0.05) is 19.1 Å². The summed E-state index contributed by atoms with van der Waals surface area (Å²) in [5.74, 6) is 1.39. The van der Waals surface area contributed by atoms with Crippen molar-refractivity contribution >= 4 is 0 Å². The summed E-state index contributed by atoms with van der Waals surface area (Å²) in [6.45, 7) is 4.35. The van der Waals surface area contributed by atoms with Gasteiger partial charge in [0.15, 0.2) is 0 Å². The van der Waals surface area contributed by atoms with Gasteiger partial charge < -0.3 is 10.2 Å². The number of hydrogen-bond acceptors (Lipinski definition) is 2. The standard InChI is InChI=1S/C17H27FN2/c1-13-4-9-17(19-2)15(10-13)12-20(3)11-14-5-7-16(18)8-6-14/h5-8,13,15,17,19H,4,9-12H2,1-3H3. The molecule has 0 aromatic heterocycles. The summed E-state index contributed by atoms with van der Waals surface area (Å²) in [5.41, 5.74) is 1.18. The molecule has 1 saturated carbocycles. The zero-order chi connectivity index (χ0) is 14.5. The molecule has 1 aliphatic rings. The summed E-state index contributed by atoms with van der Waals surface area (Å²) in [6, 6.07) is 7.49. The van der Waals surface area contributed by atoms with Crippen LogP contribution in [0.1, 0.15) is 31.7 Å². The Hall–Kier alpha value is -0.930. The second-order valence-corrected chi connectivity index (χ2v) is 6.40. The zero-order valence-electron chi connectivity index (χ0n) is 12.9. The third-order valence-electron chi connectivity index (χ3n) is 4.53. The minimum absolute atomic E-state index is 0.159. The normalized spacial score (nSPS) is 26.9. The van der Waals surface area contributed by atoms with Gasteiger partial charge in [0.25, 0.3) is 0 Å². The van der Waals surface area contributed by atoms with Gasteiger partial charge in [-0.3, -0.25) is 0 Å². The van der Waals surface area contributed by atoms with Crippen LogP contribution in [0.5, 0.6) is 0 Å². The predicted octanol–water partition coefficient (Wildman–Crippen LogP) is 3.28. The summed E-state index contributed by atoms with van der Waals surface area (Å²) in [5, 5.41) is 3.47. The fourth-order valence-electron chi connectivity index (χ4n) is 3.45. The lowest BCUT2D eigenvalue weighted by molar-refractivity contribution is 0.162. The molecule has 1 aliphatic carbocycles. The Morgan fingerprint density at radius 3 is 2.60 bits per heavy atom. The van der Waals surface area contributed by atoms with E-state index in [4.69, 9.17) is 0 Å². The first-order valence-corrected chi connectivity index (χ1v) is 7.68. The van der Waals surface area contributed by atoms with Crippen molar-refractivity contribution in [2.45, 2.75) is 38.8 Å². The van der Waals surface area contributed by atoms with E-state index in [-0.39, 0.29) is 5.82 Å². The summed E-state index contributed by atoms with van der Waals surface area (Å²) in [4.78, 5) is 2.36. The molecule has 1 fully saturated rings. The smallest absolute Gasteiger partial charge is 0.123 e. The summed E-state index contributed by atoms with van der Waals surface area (Å²) in [6.07, 6.45) is 3.93. The van der Waals surface area contributed by atoms with E-state index in [1.54, 1.807) is 12.1 Å². The lowest BCUT2D eigenvalue weighted by atomic mass is 9.78. The molecule has 0 saturated heterocycles. The first kappa shape index (κ1) is 15.5. The topological polar surface area (TPSA) is 15.3 Å². The Bertz CT molecular complexity index is 404. The van der Waals surface area contributed by atoms with Crippen molar-refractivity contribution in [3.8, 4) is 0 Å². The fourth-order valence-corrected chi connectivity index (χ4v) is 3.45. The predicted molar refractivity (Wildman–Crippen MR) is 82.1 cm³/mol. The van der Waals surface area contributed by atoms with Crippen molar-refractivity contribution in [2.75, 3.05) is 20.6 Å². The van der Waals surface area contributed by atoms with Gasteiger partial charge in [-0.05, 0) is 62.9 Å². The zero-order valence-corrected chi connectivity index (χ0v) is 12.9. The van der Waals surface area contributed by atoms with Gasteiger partial charge in [0.1, 0.15) is 5.82 Å². The van der Waals surface area contributed by atoms with Crippen molar-refractivity contribution in [2.24, 2.45) is 11.8 Å². The fraction of sp³-hybridized carbons (Fsp3) is 0.647. The van der Waals surface area contributed by atoms with E-state index in [1.165, 1.54) is 24.8 Å². The minimum Gasteiger partial charge on any atom is -0.317 e. The molecule has 1 aromatic rings. The first-order chi connectivity index (χ1) is 9.58. The van der Waals surface area contributed by atoms with Crippen LogP contribution in [0.25, 0.3) is 0 Å². The number of hydrogen-bond donors (Lipinski definition) is 1. The molecule has 0 spiro atoms. The van der Waals surface area contributed by atoms with E-state index < -0.39 is 0 Å². The van der Waals surface area contributed by atoms with Gasteiger partial charge >= 0.3 is 0 Å². The third-order valence-corrected chi connectivity index (χ3v) is 4.53. The van der Waals surface area contributed by atoms with Crippen LogP contribution < -0.4 is 5.32 Å².